The van der Waals surface area contributed by atoms with Gasteiger partial charge in [0.05, 0.1) is 12.2 Å². The molecule has 0 saturated heterocycles. The summed E-state index contributed by atoms with van der Waals surface area (Å²) < 4.78 is 5.06. The molecule has 0 spiro atoms. The highest BCUT2D eigenvalue weighted by atomic mass is 16.5. The molecule has 0 aliphatic heterocycles. The van der Waals surface area contributed by atoms with Gasteiger partial charge in [0.25, 0.3) is 5.91 Å². The van der Waals surface area contributed by atoms with Gasteiger partial charge in [0, 0.05) is 45.6 Å². The number of hydrogen-bond donors (Lipinski definition) is 1. The summed E-state index contributed by atoms with van der Waals surface area (Å²) >= 11 is 0. The summed E-state index contributed by atoms with van der Waals surface area (Å²) in [4.78, 5) is 34.6. The Kier molecular flexibility index (Phi) is 8.38. The molecule has 2 amide bonds. The first-order valence-corrected chi connectivity index (χ1v) is 9.00. The van der Waals surface area contributed by atoms with Crippen LogP contribution in [0.25, 0.3) is 0 Å². The largest absolute Gasteiger partial charge is 0.385 e. The van der Waals surface area contributed by atoms with E-state index in [1.807, 2.05) is 37.3 Å². The lowest BCUT2D eigenvalue weighted by molar-refractivity contribution is -0.121. The fourth-order valence-electron chi connectivity index (χ4n) is 2.66. The summed E-state index contributed by atoms with van der Waals surface area (Å²) in [6.07, 6.45) is 5.34. The fraction of sp³-hybridized carbons (Fsp3) is 0.400. The van der Waals surface area contributed by atoms with Gasteiger partial charge in [-0.15, -0.1) is 0 Å². The van der Waals surface area contributed by atoms with Crippen molar-refractivity contribution >= 4 is 11.8 Å². The van der Waals surface area contributed by atoms with Crippen LogP contribution in [-0.2, 0) is 9.53 Å². The predicted molar refractivity (Wildman–Crippen MR) is 102 cm³/mol. The second kappa shape index (κ2) is 11.0. The van der Waals surface area contributed by atoms with Crippen LogP contribution in [-0.4, -0.2) is 53.5 Å². The van der Waals surface area contributed by atoms with Crippen molar-refractivity contribution in [3.63, 3.8) is 0 Å². The zero-order valence-electron chi connectivity index (χ0n) is 15.8. The number of carbonyl (C=O) groups is 2. The van der Waals surface area contributed by atoms with Crippen LogP contribution >= 0.6 is 0 Å². The Morgan fingerprint density at radius 1 is 1.19 bits per heavy atom. The smallest absolute Gasteiger partial charge is 0.274 e. The van der Waals surface area contributed by atoms with E-state index in [0.29, 0.717) is 26.1 Å². The first-order chi connectivity index (χ1) is 13.1. The van der Waals surface area contributed by atoms with E-state index in [1.165, 1.54) is 18.6 Å². The van der Waals surface area contributed by atoms with Crippen molar-refractivity contribution in [2.45, 2.75) is 25.8 Å². The maximum absolute atomic E-state index is 12.6. The summed E-state index contributed by atoms with van der Waals surface area (Å²) in [6.45, 7) is 3.28. The van der Waals surface area contributed by atoms with Crippen molar-refractivity contribution < 1.29 is 14.3 Å². The minimum atomic E-state index is -0.233. The van der Waals surface area contributed by atoms with Gasteiger partial charge in [-0.1, -0.05) is 30.3 Å². The molecule has 0 radical (unpaired) electrons. The standard InChI is InChI=1S/C20H26N4O3/c1-16(17-7-4-3-5-8-17)23-19(25)9-13-24(12-6-14-27-2)20(26)18-15-21-10-11-22-18/h3-5,7-8,10-11,15-16H,6,9,12-14H2,1-2H3,(H,23,25)/t16-/m0/s1. The monoisotopic (exact) mass is 370 g/mol. The van der Waals surface area contributed by atoms with E-state index in [2.05, 4.69) is 15.3 Å². The maximum Gasteiger partial charge on any atom is 0.274 e. The summed E-state index contributed by atoms with van der Waals surface area (Å²) in [7, 11) is 1.62. The summed E-state index contributed by atoms with van der Waals surface area (Å²) in [5, 5.41) is 2.97. The quantitative estimate of drug-likeness (QED) is 0.648. The number of aromatic nitrogens is 2. The molecule has 144 valence electrons. The Morgan fingerprint density at radius 2 is 1.96 bits per heavy atom. The molecule has 1 heterocycles. The van der Waals surface area contributed by atoms with E-state index < -0.39 is 0 Å². The highest BCUT2D eigenvalue weighted by Gasteiger charge is 2.18. The molecule has 0 unspecified atom stereocenters. The zero-order valence-corrected chi connectivity index (χ0v) is 15.8. The molecule has 27 heavy (non-hydrogen) atoms. The van der Waals surface area contributed by atoms with Crippen LogP contribution in [0, 0.1) is 0 Å². The molecule has 0 aliphatic carbocycles. The fourth-order valence-corrected chi connectivity index (χ4v) is 2.66. The van der Waals surface area contributed by atoms with Crippen molar-refractivity contribution in [2.75, 3.05) is 26.8 Å². The normalized spacial score (nSPS) is 11.6. The van der Waals surface area contributed by atoms with Gasteiger partial charge < -0.3 is 15.0 Å². The molecule has 0 aliphatic rings. The molecule has 2 rings (SSSR count). The van der Waals surface area contributed by atoms with E-state index in [1.54, 1.807) is 12.0 Å². The third-order valence-electron chi connectivity index (χ3n) is 4.13. The van der Waals surface area contributed by atoms with Gasteiger partial charge in [-0.05, 0) is 18.9 Å². The Bertz CT molecular complexity index is 710. The van der Waals surface area contributed by atoms with E-state index in [0.717, 1.165) is 5.56 Å². The third kappa shape index (κ3) is 6.79. The number of hydrogen-bond acceptors (Lipinski definition) is 5. The highest BCUT2D eigenvalue weighted by Crippen LogP contribution is 2.11. The van der Waals surface area contributed by atoms with Crippen LogP contribution < -0.4 is 5.32 Å². The second-order valence-electron chi connectivity index (χ2n) is 6.18. The van der Waals surface area contributed by atoms with Crippen molar-refractivity contribution in [3.05, 3.63) is 60.2 Å². The Labute approximate surface area is 159 Å². The predicted octanol–water partition coefficient (Wildman–Crippen LogP) is 2.22. The first kappa shape index (κ1) is 20.5. The zero-order chi connectivity index (χ0) is 19.5. The van der Waals surface area contributed by atoms with E-state index in [-0.39, 0.29) is 30.0 Å². The number of benzene rings is 1. The van der Waals surface area contributed by atoms with Gasteiger partial charge >= 0.3 is 0 Å². The topological polar surface area (TPSA) is 84.4 Å². The average molecular weight is 370 g/mol. The summed E-state index contributed by atoms with van der Waals surface area (Å²) in [5.41, 5.74) is 1.31. The van der Waals surface area contributed by atoms with Crippen molar-refractivity contribution in [2.24, 2.45) is 0 Å². The van der Waals surface area contributed by atoms with E-state index in [4.69, 9.17) is 4.74 Å². The number of amides is 2. The van der Waals surface area contributed by atoms with Crippen LogP contribution in [0.2, 0.25) is 0 Å². The van der Waals surface area contributed by atoms with Crippen LogP contribution in [0.15, 0.2) is 48.9 Å². The van der Waals surface area contributed by atoms with Gasteiger partial charge in [-0.2, -0.15) is 0 Å². The molecule has 1 aromatic heterocycles. The Morgan fingerprint density at radius 3 is 2.63 bits per heavy atom. The van der Waals surface area contributed by atoms with E-state index in [9.17, 15) is 9.59 Å². The molecule has 1 aromatic carbocycles. The van der Waals surface area contributed by atoms with Crippen LogP contribution in [0.3, 0.4) is 0 Å². The molecule has 1 N–H and O–H groups in total. The summed E-state index contributed by atoms with van der Waals surface area (Å²) in [5.74, 6) is -0.335. The van der Waals surface area contributed by atoms with Crippen molar-refractivity contribution in [1.29, 1.82) is 0 Å². The minimum absolute atomic E-state index is 0.0867. The molecular weight excluding hydrogens is 344 g/mol. The number of carbonyl (C=O) groups excluding carboxylic acids is 2. The number of rotatable bonds is 10. The van der Waals surface area contributed by atoms with Gasteiger partial charge in [0.1, 0.15) is 5.69 Å². The molecule has 1 atom stereocenters. The Balaban J connectivity index is 1.92. The van der Waals surface area contributed by atoms with Gasteiger partial charge in [0.15, 0.2) is 0 Å². The van der Waals surface area contributed by atoms with E-state index >= 15 is 0 Å². The lowest BCUT2D eigenvalue weighted by Crippen LogP contribution is -2.37. The van der Waals surface area contributed by atoms with Crippen LogP contribution in [0.4, 0.5) is 0 Å². The lowest BCUT2D eigenvalue weighted by atomic mass is 10.1. The second-order valence-corrected chi connectivity index (χ2v) is 6.18. The third-order valence-corrected chi connectivity index (χ3v) is 4.13. The number of nitrogens with zero attached hydrogens (tertiary/aromatic N) is 3. The van der Waals surface area contributed by atoms with Gasteiger partial charge in [-0.3, -0.25) is 14.6 Å². The molecule has 2 aromatic rings. The number of methoxy groups -OCH3 is 1. The van der Waals surface area contributed by atoms with Crippen LogP contribution in [0.1, 0.15) is 41.9 Å². The molecule has 7 heteroatoms. The molecular formula is C20H26N4O3. The number of nitrogens with one attached hydrogen (secondary N) is 1. The SMILES string of the molecule is COCCCN(CCC(=O)N[C@@H](C)c1ccccc1)C(=O)c1cnccn1. The molecule has 7 nitrogen and oxygen atoms in total. The Hall–Kier alpha value is -2.80. The van der Waals surface area contributed by atoms with Crippen LogP contribution in [0.5, 0.6) is 0 Å². The highest BCUT2D eigenvalue weighted by molar-refractivity contribution is 5.92. The molecule has 0 bridgehead atoms. The van der Waals surface area contributed by atoms with Gasteiger partial charge in [-0.25, -0.2) is 4.98 Å². The summed E-state index contributed by atoms with van der Waals surface area (Å²) in [6, 6.07) is 9.67. The minimum Gasteiger partial charge on any atom is -0.385 e. The van der Waals surface area contributed by atoms with Crippen molar-refractivity contribution in [1.82, 2.24) is 20.2 Å². The maximum atomic E-state index is 12.6. The average Bonchev–Trinajstić information content (AvgIpc) is 2.71. The first-order valence-electron chi connectivity index (χ1n) is 9.00. The number of ether oxygens (including phenoxy) is 1. The molecule has 0 fully saturated rings. The lowest BCUT2D eigenvalue weighted by Gasteiger charge is -2.22. The molecule has 0 saturated carbocycles. The van der Waals surface area contributed by atoms with Gasteiger partial charge in [0.2, 0.25) is 5.91 Å². The van der Waals surface area contributed by atoms with Crippen molar-refractivity contribution in [3.8, 4) is 0 Å².